The van der Waals surface area contributed by atoms with Crippen molar-refractivity contribution in [2.75, 3.05) is 13.2 Å². The first-order chi connectivity index (χ1) is 12.2. The molecule has 0 radical (unpaired) electrons. The van der Waals surface area contributed by atoms with E-state index < -0.39 is 12.5 Å². The molecule has 0 spiro atoms. The summed E-state index contributed by atoms with van der Waals surface area (Å²) < 4.78 is 4.87. The van der Waals surface area contributed by atoms with Crippen molar-refractivity contribution in [3.05, 3.63) is 0 Å². The van der Waals surface area contributed by atoms with E-state index in [-0.39, 0.29) is 5.23 Å². The lowest BCUT2D eigenvalue weighted by atomic mass is 10.0. The normalized spacial score (nSPS) is 11.2. The Morgan fingerprint density at radius 2 is 1.04 bits per heavy atom. The molecule has 0 amide bonds. The summed E-state index contributed by atoms with van der Waals surface area (Å²) in [4.78, 5) is 11.0. The highest BCUT2D eigenvalue weighted by molar-refractivity contribution is 5.71. The Kier molecular flexibility index (Phi) is 19.2. The van der Waals surface area contributed by atoms with Crippen molar-refractivity contribution in [2.24, 2.45) is 0 Å². The molecule has 0 aliphatic rings. The molecular formula is C20H41NO4. The number of unbranched alkanes of at least 4 members (excludes halogenated alkanes) is 15. The lowest BCUT2D eigenvalue weighted by Gasteiger charge is -2.07. The number of hydrogen-bond donors (Lipinski definition) is 2. The van der Waals surface area contributed by atoms with Gasteiger partial charge in [0.2, 0.25) is 0 Å². The van der Waals surface area contributed by atoms with Crippen molar-refractivity contribution in [1.82, 2.24) is 5.23 Å². The van der Waals surface area contributed by atoms with Crippen molar-refractivity contribution in [3.8, 4) is 0 Å². The second-order valence-electron chi connectivity index (χ2n) is 7.05. The molecule has 0 saturated heterocycles. The Hall–Kier alpha value is -0.650. The van der Waals surface area contributed by atoms with Gasteiger partial charge in [0.1, 0.15) is 6.54 Å². The van der Waals surface area contributed by atoms with Crippen LogP contribution < -0.4 is 0 Å². The van der Waals surface area contributed by atoms with Crippen molar-refractivity contribution in [2.45, 2.75) is 110 Å². The second kappa shape index (κ2) is 19.7. The fourth-order valence-corrected chi connectivity index (χ4v) is 3.00. The average molecular weight is 360 g/mol. The molecule has 0 aliphatic heterocycles. The minimum absolute atomic E-state index is 0.157. The quantitative estimate of drug-likeness (QED) is 0.171. The van der Waals surface area contributed by atoms with Crippen LogP contribution in [0.5, 0.6) is 0 Å². The van der Waals surface area contributed by atoms with E-state index >= 15 is 0 Å². The molecule has 0 atom stereocenters. The summed E-state index contributed by atoms with van der Waals surface area (Å²) in [6.07, 6.45) is 21.0. The molecule has 2 N–H and O–H groups in total. The van der Waals surface area contributed by atoms with Crippen LogP contribution in [0.3, 0.4) is 0 Å². The lowest BCUT2D eigenvalue weighted by Crippen LogP contribution is -2.24. The van der Waals surface area contributed by atoms with E-state index in [1.54, 1.807) is 0 Å². The molecule has 0 aromatic rings. The van der Waals surface area contributed by atoms with Gasteiger partial charge in [-0.05, 0) is 6.42 Å². The number of esters is 1. The fourth-order valence-electron chi connectivity index (χ4n) is 3.00. The number of ether oxygens (including phenoxy) is 1. The van der Waals surface area contributed by atoms with Gasteiger partial charge in [-0.15, -0.1) is 0 Å². The highest BCUT2D eigenvalue weighted by atomic mass is 16.8. The van der Waals surface area contributed by atoms with E-state index in [0.717, 1.165) is 12.8 Å². The third-order valence-electron chi connectivity index (χ3n) is 4.53. The Morgan fingerprint density at radius 3 is 1.40 bits per heavy atom. The molecule has 0 rings (SSSR count). The third kappa shape index (κ3) is 21.3. The Labute approximate surface area is 154 Å². The van der Waals surface area contributed by atoms with Gasteiger partial charge in [-0.1, -0.05) is 108 Å². The molecule has 0 aliphatic carbocycles. The predicted octanol–water partition coefficient (Wildman–Crippen LogP) is 5.87. The van der Waals surface area contributed by atoms with Crippen molar-refractivity contribution in [3.63, 3.8) is 0 Å². The maximum Gasteiger partial charge on any atom is 0.325 e. The number of hydrogen-bond acceptors (Lipinski definition) is 5. The lowest BCUT2D eigenvalue weighted by molar-refractivity contribution is -0.304. The van der Waals surface area contributed by atoms with Crippen LogP contribution in [-0.2, 0) is 9.53 Å². The first-order valence-electron chi connectivity index (χ1n) is 10.5. The predicted molar refractivity (Wildman–Crippen MR) is 101 cm³/mol. The summed E-state index contributed by atoms with van der Waals surface area (Å²) in [7, 11) is 0. The maximum atomic E-state index is 11.0. The van der Waals surface area contributed by atoms with E-state index in [0.29, 0.717) is 6.61 Å². The summed E-state index contributed by atoms with van der Waals surface area (Å²) >= 11 is 0. The van der Waals surface area contributed by atoms with Gasteiger partial charge in [0.25, 0.3) is 0 Å². The van der Waals surface area contributed by atoms with Crippen molar-refractivity contribution in [1.29, 1.82) is 0 Å². The van der Waals surface area contributed by atoms with Crippen LogP contribution in [0.2, 0.25) is 0 Å². The van der Waals surface area contributed by atoms with Crippen LogP contribution in [0.15, 0.2) is 0 Å². The highest BCUT2D eigenvalue weighted by Crippen LogP contribution is 2.13. The molecule has 0 bridgehead atoms. The number of hydroxylamine groups is 2. The molecule has 5 nitrogen and oxygen atoms in total. The molecule has 150 valence electrons. The Morgan fingerprint density at radius 1 is 0.680 bits per heavy atom. The van der Waals surface area contributed by atoms with Gasteiger partial charge in [-0.3, -0.25) is 15.2 Å². The molecule has 0 unspecified atom stereocenters. The van der Waals surface area contributed by atoms with Crippen molar-refractivity contribution < 1.29 is 19.9 Å². The topological polar surface area (TPSA) is 70.0 Å². The zero-order valence-electron chi connectivity index (χ0n) is 16.4. The van der Waals surface area contributed by atoms with Crippen LogP contribution >= 0.6 is 0 Å². The minimum Gasteiger partial charge on any atom is -0.465 e. The molecule has 0 aromatic heterocycles. The van der Waals surface area contributed by atoms with Gasteiger partial charge < -0.3 is 4.74 Å². The average Bonchev–Trinajstić information content (AvgIpc) is 2.57. The smallest absolute Gasteiger partial charge is 0.325 e. The van der Waals surface area contributed by atoms with Crippen LogP contribution in [0.25, 0.3) is 0 Å². The summed E-state index contributed by atoms with van der Waals surface area (Å²) in [6, 6.07) is 0. The molecule has 25 heavy (non-hydrogen) atoms. The summed E-state index contributed by atoms with van der Waals surface area (Å²) in [6.45, 7) is 2.13. The van der Waals surface area contributed by atoms with Crippen LogP contribution in [0.1, 0.15) is 110 Å². The van der Waals surface area contributed by atoms with Gasteiger partial charge >= 0.3 is 5.97 Å². The number of nitrogens with zero attached hydrogens (tertiary/aromatic N) is 1. The Bertz CT molecular complexity index is 285. The van der Waals surface area contributed by atoms with Crippen LogP contribution in [0.4, 0.5) is 0 Å². The maximum absolute atomic E-state index is 11.0. The SMILES string of the molecule is CCCCCCCCCCCCCCCCCCOC(=O)CN(O)O. The standard InChI is InChI=1S/C20H41NO4/c1-2-3-4-5-6-7-8-9-10-11-12-13-14-15-16-17-18-25-20(22)19-21(23)24/h23-24H,2-19H2,1H3. The van der Waals surface area contributed by atoms with E-state index in [1.807, 2.05) is 0 Å². The molecule has 5 heteroatoms. The number of carbonyl (C=O) groups is 1. The highest BCUT2D eigenvalue weighted by Gasteiger charge is 2.06. The van der Waals surface area contributed by atoms with E-state index in [1.165, 1.54) is 89.9 Å². The minimum atomic E-state index is -0.606. The molecule has 0 heterocycles. The largest absolute Gasteiger partial charge is 0.465 e. The van der Waals surface area contributed by atoms with Gasteiger partial charge in [-0.25, -0.2) is 0 Å². The van der Waals surface area contributed by atoms with Gasteiger partial charge in [0.15, 0.2) is 0 Å². The first-order valence-corrected chi connectivity index (χ1v) is 10.5. The fraction of sp³-hybridized carbons (Fsp3) is 0.950. The van der Waals surface area contributed by atoms with E-state index in [9.17, 15) is 4.79 Å². The van der Waals surface area contributed by atoms with Crippen LogP contribution in [0, 0.1) is 0 Å². The van der Waals surface area contributed by atoms with Gasteiger partial charge in [-0.2, -0.15) is 0 Å². The zero-order chi connectivity index (χ0) is 18.6. The molecular weight excluding hydrogens is 318 g/mol. The summed E-state index contributed by atoms with van der Waals surface area (Å²) in [5.74, 6) is -0.606. The van der Waals surface area contributed by atoms with Gasteiger partial charge in [0, 0.05) is 0 Å². The molecule has 0 fully saturated rings. The van der Waals surface area contributed by atoms with Gasteiger partial charge in [0.05, 0.1) is 6.61 Å². The molecule has 0 saturated carbocycles. The van der Waals surface area contributed by atoms with Crippen LogP contribution in [-0.4, -0.2) is 34.8 Å². The summed E-state index contributed by atoms with van der Waals surface area (Å²) in [5.41, 5.74) is 0. The monoisotopic (exact) mass is 359 g/mol. The zero-order valence-corrected chi connectivity index (χ0v) is 16.4. The number of rotatable bonds is 19. The van der Waals surface area contributed by atoms with Crippen molar-refractivity contribution >= 4 is 5.97 Å². The first kappa shape index (κ1) is 24.4. The Balaban J connectivity index is 3.06. The summed E-state index contributed by atoms with van der Waals surface area (Å²) in [5, 5.41) is 16.8. The number of carbonyl (C=O) groups excluding carboxylic acids is 1. The molecule has 0 aromatic carbocycles. The van der Waals surface area contributed by atoms with E-state index in [4.69, 9.17) is 15.2 Å². The third-order valence-corrected chi connectivity index (χ3v) is 4.53. The second-order valence-corrected chi connectivity index (χ2v) is 7.05. The van der Waals surface area contributed by atoms with E-state index in [2.05, 4.69) is 6.92 Å².